The molecule has 0 aromatic carbocycles. The van der Waals surface area contributed by atoms with Gasteiger partial charge in [-0.25, -0.2) is 5.43 Å². The number of fused-ring (bicyclic) bond motifs is 1. The third-order valence-corrected chi connectivity index (χ3v) is 1.93. The van der Waals surface area contributed by atoms with E-state index in [1.165, 1.54) is 13.8 Å². The number of hydrazone groups is 1. The van der Waals surface area contributed by atoms with Gasteiger partial charge in [-0.1, -0.05) is 5.10 Å². The summed E-state index contributed by atoms with van der Waals surface area (Å²) in [6, 6.07) is 0. The maximum absolute atomic E-state index is 11.1. The van der Waals surface area contributed by atoms with Gasteiger partial charge in [0.2, 0.25) is 5.72 Å². The molecule has 0 bridgehead atoms. The Hall–Kier alpha value is -1.83. The fourth-order valence-corrected chi connectivity index (χ4v) is 1.27. The number of hydrogen-bond acceptors (Lipinski definition) is 7. The smallest absolute Gasteiger partial charge is 0.266 e. The van der Waals surface area contributed by atoms with E-state index in [4.69, 9.17) is 0 Å². The van der Waals surface area contributed by atoms with E-state index >= 15 is 0 Å². The van der Waals surface area contributed by atoms with Gasteiger partial charge in [-0.15, -0.1) is 0 Å². The molecule has 1 aliphatic heterocycles. The van der Waals surface area contributed by atoms with Gasteiger partial charge >= 0.3 is 0 Å². The first kappa shape index (κ1) is 8.75. The molecular formula is C6H8N6O2. The molecule has 2 rings (SSSR count). The van der Waals surface area contributed by atoms with E-state index in [1.807, 2.05) is 0 Å². The second-order valence-corrected chi connectivity index (χ2v) is 3.06. The minimum absolute atomic E-state index is 0.0303. The molecule has 1 aliphatic rings. The summed E-state index contributed by atoms with van der Waals surface area (Å²) in [6.45, 7) is 2.71. The van der Waals surface area contributed by atoms with Crippen molar-refractivity contribution in [3.8, 4) is 0 Å². The van der Waals surface area contributed by atoms with E-state index in [0.29, 0.717) is 0 Å². The topological polar surface area (TPSA) is 105 Å². The molecule has 0 fully saturated rings. The number of carbonyl (C=O) groups is 1. The van der Waals surface area contributed by atoms with Crippen molar-refractivity contribution >= 4 is 17.4 Å². The highest BCUT2D eigenvalue weighted by molar-refractivity contribution is 6.41. The molecule has 2 heterocycles. The summed E-state index contributed by atoms with van der Waals surface area (Å²) in [5.41, 5.74) is 0.832. The molecule has 74 valence electrons. The zero-order valence-corrected chi connectivity index (χ0v) is 7.59. The van der Waals surface area contributed by atoms with Crippen molar-refractivity contribution in [2.75, 3.05) is 5.43 Å². The van der Waals surface area contributed by atoms with Crippen LogP contribution in [0, 0.1) is 0 Å². The first-order chi connectivity index (χ1) is 6.53. The van der Waals surface area contributed by atoms with Gasteiger partial charge in [0.15, 0.2) is 11.5 Å². The van der Waals surface area contributed by atoms with Crippen LogP contribution in [-0.4, -0.2) is 36.8 Å². The maximum Gasteiger partial charge on any atom is 0.266 e. The van der Waals surface area contributed by atoms with E-state index in [9.17, 15) is 9.90 Å². The van der Waals surface area contributed by atoms with E-state index in [0.717, 1.165) is 4.68 Å². The average Bonchev–Trinajstić information content (AvgIpc) is 2.51. The standard InChI is InChI=1S/C6H8N6O2/c1-3(13)4-6(2,14)12-5(8-7-4)9-10-11-12/h14H,1-2H3,(H,8,9,11). The Labute approximate surface area is 78.6 Å². The second kappa shape index (κ2) is 2.58. The Kier molecular flexibility index (Phi) is 1.61. The Bertz CT molecular complexity index is 420. The predicted molar refractivity (Wildman–Crippen MR) is 45.4 cm³/mol. The maximum atomic E-state index is 11.1. The van der Waals surface area contributed by atoms with Crippen molar-refractivity contribution in [1.82, 2.24) is 20.2 Å². The summed E-state index contributed by atoms with van der Waals surface area (Å²) in [7, 11) is 0. The molecule has 0 aliphatic carbocycles. The van der Waals surface area contributed by atoms with Crippen molar-refractivity contribution in [3.63, 3.8) is 0 Å². The number of ketones is 1. The molecule has 0 amide bonds. The molecule has 0 saturated carbocycles. The van der Waals surface area contributed by atoms with E-state index in [2.05, 4.69) is 26.1 Å². The zero-order chi connectivity index (χ0) is 10.3. The van der Waals surface area contributed by atoms with Crippen LogP contribution in [0.4, 0.5) is 5.95 Å². The SMILES string of the molecule is CC(=O)C1=NNc2nnnn2C1(C)O. The fourth-order valence-electron chi connectivity index (χ4n) is 1.27. The molecule has 1 aromatic heterocycles. The fraction of sp³-hybridized carbons (Fsp3) is 0.500. The van der Waals surface area contributed by atoms with Crippen LogP contribution in [0.15, 0.2) is 5.10 Å². The Morgan fingerprint density at radius 2 is 2.36 bits per heavy atom. The summed E-state index contributed by atoms with van der Waals surface area (Å²) in [4.78, 5) is 11.1. The second-order valence-electron chi connectivity index (χ2n) is 3.06. The quantitative estimate of drug-likeness (QED) is 0.578. The van der Waals surface area contributed by atoms with Crippen molar-refractivity contribution in [2.24, 2.45) is 5.10 Å². The monoisotopic (exact) mass is 196 g/mol. The normalized spacial score (nSPS) is 24.9. The number of rotatable bonds is 1. The van der Waals surface area contributed by atoms with Gasteiger partial charge in [0.25, 0.3) is 5.95 Å². The third kappa shape index (κ3) is 1.01. The highest BCUT2D eigenvalue weighted by atomic mass is 16.3. The number of anilines is 1. The molecular weight excluding hydrogens is 188 g/mol. The molecule has 1 unspecified atom stereocenters. The van der Waals surface area contributed by atoms with Crippen LogP contribution in [0.1, 0.15) is 13.8 Å². The van der Waals surface area contributed by atoms with Gasteiger partial charge in [-0.3, -0.25) is 4.79 Å². The molecule has 1 atom stereocenters. The van der Waals surface area contributed by atoms with Gasteiger partial charge in [-0.05, 0) is 17.4 Å². The highest BCUT2D eigenvalue weighted by Gasteiger charge is 2.39. The Morgan fingerprint density at radius 1 is 1.64 bits per heavy atom. The van der Waals surface area contributed by atoms with Gasteiger partial charge < -0.3 is 5.11 Å². The molecule has 8 nitrogen and oxygen atoms in total. The van der Waals surface area contributed by atoms with Crippen LogP contribution in [0.3, 0.4) is 0 Å². The van der Waals surface area contributed by atoms with Crippen LogP contribution in [0.25, 0.3) is 0 Å². The molecule has 8 heteroatoms. The van der Waals surface area contributed by atoms with Crippen molar-refractivity contribution in [2.45, 2.75) is 19.6 Å². The molecule has 0 spiro atoms. The van der Waals surface area contributed by atoms with Crippen molar-refractivity contribution < 1.29 is 9.90 Å². The summed E-state index contributed by atoms with van der Waals surface area (Å²) in [6.07, 6.45) is 0. The van der Waals surface area contributed by atoms with E-state index in [1.54, 1.807) is 0 Å². The van der Waals surface area contributed by atoms with Crippen LogP contribution in [-0.2, 0) is 10.5 Å². The molecule has 2 N–H and O–H groups in total. The lowest BCUT2D eigenvalue weighted by molar-refractivity contribution is -0.112. The lowest BCUT2D eigenvalue weighted by Gasteiger charge is -2.27. The summed E-state index contributed by atoms with van der Waals surface area (Å²) in [5.74, 6) is -0.149. The van der Waals surface area contributed by atoms with E-state index < -0.39 is 5.72 Å². The minimum atomic E-state index is -1.60. The molecule has 14 heavy (non-hydrogen) atoms. The minimum Gasteiger partial charge on any atom is -0.364 e. The van der Waals surface area contributed by atoms with Gasteiger partial charge in [0.05, 0.1) is 0 Å². The average molecular weight is 196 g/mol. The Balaban J connectivity index is 2.54. The highest BCUT2D eigenvalue weighted by Crippen LogP contribution is 2.21. The number of carbonyl (C=O) groups excluding carboxylic acids is 1. The first-order valence-corrected chi connectivity index (χ1v) is 3.90. The predicted octanol–water partition coefficient (Wildman–Crippen LogP) is -1.29. The number of Topliss-reactive ketones (excluding diaryl/α,β-unsaturated/α-hetero) is 1. The van der Waals surface area contributed by atoms with E-state index in [-0.39, 0.29) is 17.4 Å². The molecule has 1 aromatic rings. The molecule has 0 saturated heterocycles. The van der Waals surface area contributed by atoms with Crippen LogP contribution in [0.2, 0.25) is 0 Å². The number of nitrogens with zero attached hydrogens (tertiary/aromatic N) is 5. The number of nitrogens with one attached hydrogen (secondary N) is 1. The number of aromatic nitrogens is 4. The van der Waals surface area contributed by atoms with Crippen molar-refractivity contribution in [3.05, 3.63) is 0 Å². The van der Waals surface area contributed by atoms with Crippen LogP contribution >= 0.6 is 0 Å². The van der Waals surface area contributed by atoms with Gasteiger partial charge in [0, 0.05) is 6.92 Å². The van der Waals surface area contributed by atoms with Gasteiger partial charge in [-0.2, -0.15) is 9.78 Å². The lowest BCUT2D eigenvalue weighted by Crippen LogP contribution is -2.46. The lowest BCUT2D eigenvalue weighted by atomic mass is 10.1. The number of aliphatic hydroxyl groups is 1. The Morgan fingerprint density at radius 3 is 3.00 bits per heavy atom. The largest absolute Gasteiger partial charge is 0.364 e. The molecule has 0 radical (unpaired) electrons. The third-order valence-electron chi connectivity index (χ3n) is 1.93. The first-order valence-electron chi connectivity index (χ1n) is 3.90. The number of hydrogen-bond donors (Lipinski definition) is 2. The summed E-state index contributed by atoms with van der Waals surface area (Å²) < 4.78 is 1.09. The number of tetrazole rings is 1. The summed E-state index contributed by atoms with van der Waals surface area (Å²) >= 11 is 0. The van der Waals surface area contributed by atoms with Crippen molar-refractivity contribution in [1.29, 1.82) is 0 Å². The van der Waals surface area contributed by atoms with Crippen LogP contribution < -0.4 is 5.43 Å². The summed E-state index contributed by atoms with van der Waals surface area (Å²) in [5, 5.41) is 24.1. The zero-order valence-electron chi connectivity index (χ0n) is 7.59. The van der Waals surface area contributed by atoms with Gasteiger partial charge in [0.1, 0.15) is 0 Å². The van der Waals surface area contributed by atoms with Crippen LogP contribution in [0.5, 0.6) is 0 Å².